The number of nitrogens with one attached hydrogen (secondary N) is 1. The number of pyridine rings is 1. The van der Waals surface area contributed by atoms with Crippen molar-refractivity contribution in [3.8, 4) is 5.75 Å². The predicted molar refractivity (Wildman–Crippen MR) is 139 cm³/mol. The molecule has 0 spiro atoms. The number of carbonyl (C=O) groups is 1. The average molecular weight is 513 g/mol. The van der Waals surface area contributed by atoms with Gasteiger partial charge < -0.3 is 14.8 Å². The van der Waals surface area contributed by atoms with Crippen molar-refractivity contribution in [3.63, 3.8) is 0 Å². The van der Waals surface area contributed by atoms with Crippen LogP contribution in [0.4, 0.5) is 5.69 Å². The summed E-state index contributed by atoms with van der Waals surface area (Å²) in [5.74, 6) is 0.378. The van der Waals surface area contributed by atoms with Gasteiger partial charge in [0.05, 0.1) is 42.9 Å². The van der Waals surface area contributed by atoms with E-state index in [1.165, 1.54) is 6.20 Å². The molecule has 35 heavy (non-hydrogen) atoms. The van der Waals surface area contributed by atoms with Crippen molar-refractivity contribution in [1.29, 1.82) is 0 Å². The molecule has 4 aromatic rings. The van der Waals surface area contributed by atoms with Gasteiger partial charge in [-0.25, -0.2) is 14.5 Å². The third-order valence-corrected chi connectivity index (χ3v) is 6.24. The van der Waals surface area contributed by atoms with Gasteiger partial charge >= 0.3 is 5.97 Å². The topological polar surface area (TPSA) is 78.3 Å². The van der Waals surface area contributed by atoms with Crippen LogP contribution in [0.15, 0.2) is 60.9 Å². The molecular weight excluding hydrogens is 487 g/mol. The maximum absolute atomic E-state index is 12.6. The van der Waals surface area contributed by atoms with Gasteiger partial charge in [-0.2, -0.15) is 5.10 Å². The molecule has 0 fully saturated rings. The van der Waals surface area contributed by atoms with E-state index in [2.05, 4.69) is 15.4 Å². The fraction of sp³-hybridized carbons (Fsp3) is 0.269. The molecule has 0 aliphatic rings. The highest BCUT2D eigenvalue weighted by atomic mass is 35.5. The van der Waals surface area contributed by atoms with E-state index in [-0.39, 0.29) is 12.0 Å². The molecule has 0 bridgehead atoms. The molecule has 1 unspecified atom stereocenters. The van der Waals surface area contributed by atoms with Crippen LogP contribution in [0.5, 0.6) is 5.75 Å². The fourth-order valence-corrected chi connectivity index (χ4v) is 4.17. The molecule has 0 aliphatic heterocycles. The zero-order valence-electron chi connectivity index (χ0n) is 19.5. The molecule has 2 aromatic heterocycles. The van der Waals surface area contributed by atoms with Crippen molar-refractivity contribution in [1.82, 2.24) is 14.8 Å². The van der Waals surface area contributed by atoms with Crippen LogP contribution in [0, 0.1) is 0 Å². The molecule has 2 aromatic carbocycles. The normalized spacial score (nSPS) is 11.9. The molecule has 9 heteroatoms. The van der Waals surface area contributed by atoms with Crippen LogP contribution >= 0.6 is 23.2 Å². The highest BCUT2D eigenvalue weighted by Crippen LogP contribution is 2.30. The average Bonchev–Trinajstić information content (AvgIpc) is 3.28. The van der Waals surface area contributed by atoms with Crippen LogP contribution in [-0.4, -0.2) is 41.0 Å². The number of benzene rings is 2. The molecule has 0 saturated carbocycles. The van der Waals surface area contributed by atoms with Crippen molar-refractivity contribution >= 4 is 45.9 Å². The molecule has 0 amide bonds. The molecule has 1 atom stereocenters. The fourth-order valence-electron chi connectivity index (χ4n) is 3.77. The Balaban J connectivity index is 1.58. The van der Waals surface area contributed by atoms with Crippen molar-refractivity contribution in [2.24, 2.45) is 0 Å². The number of aromatic nitrogens is 3. The van der Waals surface area contributed by atoms with Crippen molar-refractivity contribution in [3.05, 3.63) is 82.6 Å². The Morgan fingerprint density at radius 2 is 1.86 bits per heavy atom. The molecule has 182 valence electrons. The molecule has 0 saturated heterocycles. The summed E-state index contributed by atoms with van der Waals surface area (Å²) in [6, 6.07) is 15.3. The van der Waals surface area contributed by atoms with Gasteiger partial charge in [0.1, 0.15) is 11.3 Å². The summed E-state index contributed by atoms with van der Waals surface area (Å²) >= 11 is 12.6. The van der Waals surface area contributed by atoms with Gasteiger partial charge in [-0.1, -0.05) is 35.9 Å². The summed E-state index contributed by atoms with van der Waals surface area (Å²) in [6.07, 6.45) is 3.98. The van der Waals surface area contributed by atoms with Gasteiger partial charge in [0, 0.05) is 17.8 Å². The van der Waals surface area contributed by atoms with E-state index in [9.17, 15) is 4.79 Å². The second-order valence-corrected chi connectivity index (χ2v) is 8.84. The number of fused-ring (bicyclic) bond motifs is 1. The third-order valence-electron chi connectivity index (χ3n) is 5.60. The summed E-state index contributed by atoms with van der Waals surface area (Å²) in [5, 5.41) is 8.97. The van der Waals surface area contributed by atoms with Crippen LogP contribution in [0.25, 0.3) is 11.0 Å². The SMILES string of the molecule is CCOC(=O)c1cnc2c(cnn2CC(Cl)c2ccc(Cl)cc2)c1NCCc1ccc(OC)cc1. The number of ether oxygens (including phenoxy) is 2. The lowest BCUT2D eigenvalue weighted by Crippen LogP contribution is -2.13. The molecule has 0 aliphatic carbocycles. The van der Waals surface area contributed by atoms with E-state index < -0.39 is 5.97 Å². The third kappa shape index (κ3) is 5.86. The zero-order valence-corrected chi connectivity index (χ0v) is 21.0. The second-order valence-electron chi connectivity index (χ2n) is 7.88. The first kappa shape index (κ1) is 24.8. The van der Waals surface area contributed by atoms with Gasteiger partial charge in [0.25, 0.3) is 0 Å². The molecular formula is C26H26Cl2N4O3. The minimum absolute atomic E-state index is 0.274. The zero-order chi connectivity index (χ0) is 24.8. The highest BCUT2D eigenvalue weighted by Gasteiger charge is 2.20. The number of carbonyl (C=O) groups excluding carboxylic acids is 1. The quantitative estimate of drug-likeness (QED) is 0.210. The summed E-state index contributed by atoms with van der Waals surface area (Å²) < 4.78 is 12.2. The largest absolute Gasteiger partial charge is 0.497 e. The van der Waals surface area contributed by atoms with Gasteiger partial charge in [-0.3, -0.25) is 0 Å². The van der Waals surface area contributed by atoms with E-state index in [4.69, 9.17) is 32.7 Å². The number of esters is 1. The smallest absolute Gasteiger partial charge is 0.341 e. The highest BCUT2D eigenvalue weighted by molar-refractivity contribution is 6.30. The number of methoxy groups -OCH3 is 1. The molecule has 1 N–H and O–H groups in total. The van der Waals surface area contributed by atoms with Crippen molar-refractivity contribution in [2.75, 3.05) is 25.6 Å². The Hall–Kier alpha value is -3.29. The first-order valence-corrected chi connectivity index (χ1v) is 12.1. The van der Waals surface area contributed by atoms with Crippen LogP contribution < -0.4 is 10.1 Å². The van der Waals surface area contributed by atoms with Crippen LogP contribution in [-0.2, 0) is 17.7 Å². The van der Waals surface area contributed by atoms with Crippen molar-refractivity contribution in [2.45, 2.75) is 25.3 Å². The monoisotopic (exact) mass is 512 g/mol. The maximum Gasteiger partial charge on any atom is 0.341 e. The van der Waals surface area contributed by atoms with Gasteiger partial charge in [0.2, 0.25) is 0 Å². The standard InChI is InChI=1S/C26H26Cl2N4O3/c1-3-35-26(33)22-14-30-25-21(24(22)29-13-12-17-4-10-20(34-2)11-5-17)15-31-32(25)16-23(28)18-6-8-19(27)9-7-18/h4-11,14-15,23H,3,12-13,16H2,1-2H3,(H,29,30). The number of nitrogens with zero attached hydrogens (tertiary/aromatic N) is 3. The Kier molecular flexibility index (Phi) is 8.10. The van der Waals surface area contributed by atoms with Crippen LogP contribution in [0.3, 0.4) is 0 Å². The Labute approximate surface area is 214 Å². The molecule has 7 nitrogen and oxygen atoms in total. The van der Waals surface area contributed by atoms with E-state index in [0.717, 1.165) is 28.7 Å². The molecule has 2 heterocycles. The molecule has 0 radical (unpaired) electrons. The minimum Gasteiger partial charge on any atom is -0.497 e. The van der Waals surface area contributed by atoms with Gasteiger partial charge in [0.15, 0.2) is 5.65 Å². The number of anilines is 1. The van der Waals surface area contributed by atoms with Gasteiger partial charge in [-0.15, -0.1) is 11.6 Å². The van der Waals surface area contributed by atoms with E-state index in [1.54, 1.807) is 24.9 Å². The Bertz CT molecular complexity index is 1290. The summed E-state index contributed by atoms with van der Waals surface area (Å²) in [4.78, 5) is 17.2. The van der Waals surface area contributed by atoms with E-state index in [0.29, 0.717) is 35.0 Å². The predicted octanol–water partition coefficient (Wildman–Crippen LogP) is 5.90. The van der Waals surface area contributed by atoms with Crippen LogP contribution in [0.2, 0.25) is 5.02 Å². The Morgan fingerprint density at radius 3 is 2.54 bits per heavy atom. The van der Waals surface area contributed by atoms with Crippen LogP contribution in [0.1, 0.15) is 33.8 Å². The lowest BCUT2D eigenvalue weighted by molar-refractivity contribution is 0.0527. The number of hydrogen-bond acceptors (Lipinski definition) is 6. The lowest BCUT2D eigenvalue weighted by atomic mass is 10.1. The Morgan fingerprint density at radius 1 is 1.11 bits per heavy atom. The van der Waals surface area contributed by atoms with E-state index >= 15 is 0 Å². The number of halogens is 2. The first-order chi connectivity index (χ1) is 17.0. The number of hydrogen-bond donors (Lipinski definition) is 1. The number of rotatable bonds is 10. The van der Waals surface area contributed by atoms with Crippen molar-refractivity contribution < 1.29 is 14.3 Å². The molecule has 4 rings (SSSR count). The maximum atomic E-state index is 12.6. The summed E-state index contributed by atoms with van der Waals surface area (Å²) in [7, 11) is 1.64. The summed E-state index contributed by atoms with van der Waals surface area (Å²) in [5.41, 5.74) is 3.72. The van der Waals surface area contributed by atoms with E-state index in [1.807, 2.05) is 48.5 Å². The van der Waals surface area contributed by atoms with Gasteiger partial charge in [-0.05, 0) is 48.7 Å². The second kappa shape index (κ2) is 11.4. The number of alkyl halides is 1. The minimum atomic E-state index is -0.432. The first-order valence-electron chi connectivity index (χ1n) is 11.3. The lowest BCUT2D eigenvalue weighted by Gasteiger charge is -2.14. The summed E-state index contributed by atoms with van der Waals surface area (Å²) in [6.45, 7) is 3.06.